The molecular weight excluding hydrogens is 523 g/mol. The molecule has 2 aliphatic heterocycles. The van der Waals surface area contributed by atoms with E-state index in [0.29, 0.717) is 12.4 Å². The average molecular weight is 552 g/mol. The second kappa shape index (κ2) is 11.5. The summed E-state index contributed by atoms with van der Waals surface area (Å²) in [7, 11) is 2.00. The third-order valence-corrected chi connectivity index (χ3v) is 7.45. The fourth-order valence-electron chi connectivity index (χ4n) is 5.28. The van der Waals surface area contributed by atoms with Crippen LogP contribution in [0.2, 0.25) is 0 Å². The van der Waals surface area contributed by atoms with Gasteiger partial charge in [0.2, 0.25) is 0 Å². The van der Waals surface area contributed by atoms with Crippen molar-refractivity contribution in [3.05, 3.63) is 54.5 Å². The molecule has 0 unspecified atom stereocenters. The number of benzene rings is 1. The fraction of sp³-hybridized carbons (Fsp3) is 0.393. The van der Waals surface area contributed by atoms with Crippen LogP contribution >= 0.6 is 0 Å². The number of fused-ring (bicyclic) bond motifs is 1. The van der Waals surface area contributed by atoms with Crippen LogP contribution in [-0.2, 0) is 4.79 Å². The quantitative estimate of drug-likeness (QED) is 0.409. The lowest BCUT2D eigenvalue weighted by molar-refractivity contribution is -0.131. The molecule has 1 amide bonds. The number of piperazine rings is 1. The number of carbonyl (C=O) groups is 1. The van der Waals surface area contributed by atoms with Gasteiger partial charge in [0.1, 0.15) is 29.5 Å². The number of anilines is 1. The first kappa shape index (κ1) is 27.3. The standard InChI is InChI=1S/C28H28F3N7O2/c1-17(29)27(39)38-13-12-37(15-18(38)9-10-32)26-21-14-33-24(20-7-3-4-8-22(20)30)23(31)25(21)34-28(35-26)40-16-19-6-5-11-36(19)2/h3-4,7-8,14,18-19H,1,5-6,9,11-13,15-16H2,2H3/t18-,19-/m0/s1. The summed E-state index contributed by atoms with van der Waals surface area (Å²) in [5.74, 6) is -3.15. The molecule has 9 nitrogen and oxygen atoms in total. The summed E-state index contributed by atoms with van der Waals surface area (Å²) < 4.78 is 50.1. The monoisotopic (exact) mass is 551 g/mol. The van der Waals surface area contributed by atoms with Crippen molar-refractivity contribution in [2.24, 2.45) is 0 Å². The number of aromatic nitrogens is 3. The Kier molecular flexibility index (Phi) is 7.84. The van der Waals surface area contributed by atoms with E-state index in [-0.39, 0.29) is 60.3 Å². The number of pyridine rings is 1. The third kappa shape index (κ3) is 5.29. The van der Waals surface area contributed by atoms with Gasteiger partial charge < -0.3 is 19.4 Å². The molecule has 0 aliphatic carbocycles. The predicted octanol–water partition coefficient (Wildman–Crippen LogP) is 3.86. The van der Waals surface area contributed by atoms with Gasteiger partial charge in [0, 0.05) is 37.4 Å². The maximum atomic E-state index is 16.0. The van der Waals surface area contributed by atoms with Crippen molar-refractivity contribution in [1.29, 1.82) is 5.26 Å². The predicted molar refractivity (Wildman–Crippen MR) is 142 cm³/mol. The van der Waals surface area contributed by atoms with Crippen molar-refractivity contribution in [2.45, 2.75) is 31.3 Å². The largest absolute Gasteiger partial charge is 0.462 e. The molecule has 208 valence electrons. The highest BCUT2D eigenvalue weighted by Gasteiger charge is 2.34. The molecule has 5 rings (SSSR count). The van der Waals surface area contributed by atoms with Crippen LogP contribution in [0.4, 0.5) is 19.0 Å². The van der Waals surface area contributed by atoms with Crippen molar-refractivity contribution in [1.82, 2.24) is 24.8 Å². The fourth-order valence-corrected chi connectivity index (χ4v) is 5.28. The second-order valence-corrected chi connectivity index (χ2v) is 9.95. The number of hydrogen-bond acceptors (Lipinski definition) is 8. The number of nitrogens with zero attached hydrogens (tertiary/aromatic N) is 7. The highest BCUT2D eigenvalue weighted by atomic mass is 19.1. The molecule has 0 radical (unpaired) electrons. The van der Waals surface area contributed by atoms with Crippen LogP contribution in [-0.4, -0.2) is 82.6 Å². The van der Waals surface area contributed by atoms with Gasteiger partial charge in [-0.25, -0.2) is 13.2 Å². The molecule has 3 aromatic rings. The van der Waals surface area contributed by atoms with Gasteiger partial charge in [0.05, 0.1) is 23.9 Å². The van der Waals surface area contributed by atoms with Gasteiger partial charge in [-0.15, -0.1) is 0 Å². The third-order valence-electron chi connectivity index (χ3n) is 7.45. The Balaban J connectivity index is 1.56. The first-order chi connectivity index (χ1) is 19.3. The number of nitriles is 1. The SMILES string of the molecule is C=C(F)C(=O)N1CCN(c2nc(OC[C@@H]3CCCN3C)nc3c(F)c(-c4ccccc4F)ncc23)C[C@@H]1CC#N. The van der Waals surface area contributed by atoms with Crippen LogP contribution in [0.15, 0.2) is 42.9 Å². The summed E-state index contributed by atoms with van der Waals surface area (Å²) >= 11 is 0. The molecule has 0 bridgehead atoms. The van der Waals surface area contributed by atoms with Gasteiger partial charge >= 0.3 is 6.01 Å². The number of rotatable bonds is 7. The summed E-state index contributed by atoms with van der Waals surface area (Å²) in [6.07, 6.45) is 3.30. The zero-order valence-electron chi connectivity index (χ0n) is 22.0. The minimum atomic E-state index is -1.11. The number of ether oxygens (including phenoxy) is 1. The number of likely N-dealkylation sites (N-methyl/N-ethyl adjacent to an activating group) is 1. The summed E-state index contributed by atoms with van der Waals surface area (Å²) in [4.78, 5) is 30.7. The summed E-state index contributed by atoms with van der Waals surface area (Å²) in [6.45, 7) is 4.76. The highest BCUT2D eigenvalue weighted by molar-refractivity contribution is 5.93. The number of amides is 1. The molecule has 2 fully saturated rings. The minimum Gasteiger partial charge on any atom is -0.462 e. The van der Waals surface area contributed by atoms with Gasteiger partial charge in [0.25, 0.3) is 5.91 Å². The summed E-state index contributed by atoms with van der Waals surface area (Å²) in [6, 6.07) is 7.23. The Morgan fingerprint density at radius 3 is 2.70 bits per heavy atom. The smallest absolute Gasteiger partial charge is 0.319 e. The summed E-state index contributed by atoms with van der Waals surface area (Å²) in [5, 5.41) is 9.62. The lowest BCUT2D eigenvalue weighted by Crippen LogP contribution is -2.55. The second-order valence-electron chi connectivity index (χ2n) is 9.95. The van der Waals surface area contributed by atoms with Gasteiger partial charge in [-0.05, 0) is 38.6 Å². The molecule has 1 aromatic carbocycles. The Bertz CT molecular complexity index is 1490. The molecular formula is C28H28F3N7O2. The molecule has 0 saturated carbocycles. The molecule has 0 spiro atoms. The maximum Gasteiger partial charge on any atom is 0.319 e. The van der Waals surface area contributed by atoms with Crippen LogP contribution in [0.3, 0.4) is 0 Å². The maximum absolute atomic E-state index is 16.0. The molecule has 2 atom stereocenters. The van der Waals surface area contributed by atoms with Gasteiger partial charge in [0.15, 0.2) is 11.6 Å². The topological polar surface area (TPSA) is 98.5 Å². The minimum absolute atomic E-state index is 0.00947. The van der Waals surface area contributed by atoms with Crippen LogP contribution in [0.25, 0.3) is 22.2 Å². The van der Waals surface area contributed by atoms with E-state index in [2.05, 4.69) is 26.4 Å². The van der Waals surface area contributed by atoms with Crippen LogP contribution in [0, 0.1) is 23.0 Å². The Morgan fingerprint density at radius 1 is 1.20 bits per heavy atom. The number of carbonyl (C=O) groups excluding carboxylic acids is 1. The van der Waals surface area contributed by atoms with Crippen LogP contribution < -0.4 is 9.64 Å². The number of likely N-dealkylation sites (tertiary alicyclic amines) is 1. The van der Waals surface area contributed by atoms with E-state index in [9.17, 15) is 18.8 Å². The first-order valence-corrected chi connectivity index (χ1v) is 13.0. The van der Waals surface area contributed by atoms with Crippen LogP contribution in [0.5, 0.6) is 6.01 Å². The van der Waals surface area contributed by atoms with Crippen molar-refractivity contribution >= 4 is 22.6 Å². The molecule has 0 N–H and O–H groups in total. The van der Waals surface area contributed by atoms with Crippen molar-refractivity contribution in [3.8, 4) is 23.3 Å². The lowest BCUT2D eigenvalue weighted by Gasteiger charge is -2.41. The van der Waals surface area contributed by atoms with Crippen molar-refractivity contribution in [3.63, 3.8) is 0 Å². The van der Waals surface area contributed by atoms with E-state index in [1.54, 1.807) is 11.0 Å². The molecule has 12 heteroatoms. The van der Waals surface area contributed by atoms with E-state index in [4.69, 9.17) is 4.74 Å². The molecule has 2 saturated heterocycles. The molecule has 40 heavy (non-hydrogen) atoms. The van der Waals surface area contributed by atoms with Crippen molar-refractivity contribution < 1.29 is 22.7 Å². The number of hydrogen-bond donors (Lipinski definition) is 0. The highest BCUT2D eigenvalue weighted by Crippen LogP contribution is 2.34. The van der Waals surface area contributed by atoms with E-state index in [0.717, 1.165) is 19.4 Å². The van der Waals surface area contributed by atoms with Gasteiger partial charge in [-0.3, -0.25) is 9.78 Å². The van der Waals surface area contributed by atoms with E-state index < -0.39 is 29.4 Å². The average Bonchev–Trinajstić information content (AvgIpc) is 3.36. The first-order valence-electron chi connectivity index (χ1n) is 13.0. The Hall–Kier alpha value is -4.24. The zero-order chi connectivity index (χ0) is 28.4. The van der Waals surface area contributed by atoms with Crippen molar-refractivity contribution in [2.75, 3.05) is 44.7 Å². The van der Waals surface area contributed by atoms with E-state index in [1.165, 1.54) is 29.3 Å². The zero-order valence-corrected chi connectivity index (χ0v) is 22.0. The Morgan fingerprint density at radius 2 is 2.00 bits per heavy atom. The molecule has 2 aliphatic rings. The van der Waals surface area contributed by atoms with Gasteiger partial charge in [-0.2, -0.15) is 15.2 Å². The van der Waals surface area contributed by atoms with Crippen LogP contribution in [0.1, 0.15) is 19.3 Å². The molecule has 2 aromatic heterocycles. The Labute approximate surface area is 229 Å². The number of halogens is 3. The van der Waals surface area contributed by atoms with E-state index in [1.807, 2.05) is 13.1 Å². The van der Waals surface area contributed by atoms with E-state index >= 15 is 4.39 Å². The normalized spacial score (nSPS) is 19.6. The molecule has 4 heterocycles. The summed E-state index contributed by atoms with van der Waals surface area (Å²) in [5.41, 5.74) is -0.304. The van der Waals surface area contributed by atoms with Gasteiger partial charge in [-0.1, -0.05) is 18.7 Å². The lowest BCUT2D eigenvalue weighted by atomic mass is 10.1.